The molecule has 2 heterocycles. The van der Waals surface area contributed by atoms with E-state index in [9.17, 15) is 9.59 Å². The molecule has 2 amide bonds. The van der Waals surface area contributed by atoms with Gasteiger partial charge in [0.15, 0.2) is 10.6 Å². The van der Waals surface area contributed by atoms with E-state index in [2.05, 4.69) is 20.7 Å². The summed E-state index contributed by atoms with van der Waals surface area (Å²) in [6.45, 7) is 2.03. The van der Waals surface area contributed by atoms with Crippen molar-refractivity contribution in [2.24, 2.45) is 7.05 Å². The largest absolute Gasteiger partial charge is 0.345 e. The average Bonchev–Trinajstić information content (AvgIpc) is 2.95. The molecule has 0 aliphatic rings. The molecule has 2 N–H and O–H groups in total. The third-order valence-electron chi connectivity index (χ3n) is 4.15. The number of benzene rings is 1. The summed E-state index contributed by atoms with van der Waals surface area (Å²) in [4.78, 5) is 28.6. The van der Waals surface area contributed by atoms with Crippen LogP contribution in [0.4, 0.5) is 5.82 Å². The van der Waals surface area contributed by atoms with Crippen LogP contribution in [0.1, 0.15) is 21.7 Å². The van der Waals surface area contributed by atoms with E-state index in [1.54, 1.807) is 42.1 Å². The molecule has 0 aliphatic heterocycles. The zero-order chi connectivity index (χ0) is 20.1. The molecule has 9 heteroatoms. The topological polar surface area (TPSA) is 93.8 Å². The number of hydrogen-bond donors (Lipinski definition) is 2. The number of carbonyl (C=O) groups is 2. The summed E-state index contributed by atoms with van der Waals surface area (Å²) in [5.74, 6) is 0.535. The Morgan fingerprint density at radius 2 is 1.89 bits per heavy atom. The molecule has 28 heavy (non-hydrogen) atoms. The van der Waals surface area contributed by atoms with Crippen LogP contribution in [0.5, 0.6) is 0 Å². The molecular formula is C19H20N6O2S. The molecule has 144 valence electrons. The highest BCUT2D eigenvalue weighted by molar-refractivity contribution is 7.71. The van der Waals surface area contributed by atoms with E-state index in [1.165, 1.54) is 4.68 Å². The summed E-state index contributed by atoms with van der Waals surface area (Å²) >= 11 is 5.35. The van der Waals surface area contributed by atoms with Crippen molar-refractivity contribution in [3.8, 4) is 0 Å². The van der Waals surface area contributed by atoms with Gasteiger partial charge in [-0.3, -0.25) is 9.59 Å². The molecule has 0 fully saturated rings. The number of pyridine rings is 1. The maximum atomic E-state index is 12.4. The lowest BCUT2D eigenvalue weighted by Gasteiger charge is -2.06. The molecule has 0 unspecified atom stereocenters. The Morgan fingerprint density at radius 3 is 2.61 bits per heavy atom. The summed E-state index contributed by atoms with van der Waals surface area (Å²) in [6, 6.07) is 12.6. The van der Waals surface area contributed by atoms with Crippen molar-refractivity contribution < 1.29 is 9.59 Å². The molecule has 0 radical (unpaired) electrons. The van der Waals surface area contributed by atoms with E-state index in [0.29, 0.717) is 22.0 Å². The first kappa shape index (κ1) is 19.4. The van der Waals surface area contributed by atoms with Gasteiger partial charge in [0.2, 0.25) is 5.91 Å². The van der Waals surface area contributed by atoms with Crippen molar-refractivity contribution in [1.29, 1.82) is 0 Å². The van der Waals surface area contributed by atoms with Gasteiger partial charge in [-0.25, -0.2) is 9.67 Å². The van der Waals surface area contributed by atoms with Gasteiger partial charge < -0.3 is 15.2 Å². The predicted molar refractivity (Wildman–Crippen MR) is 107 cm³/mol. The van der Waals surface area contributed by atoms with Gasteiger partial charge in [0.05, 0.1) is 6.54 Å². The van der Waals surface area contributed by atoms with Crippen molar-refractivity contribution in [2.45, 2.75) is 20.0 Å². The van der Waals surface area contributed by atoms with E-state index in [-0.39, 0.29) is 24.9 Å². The standard InChI is InChI=1S/C19H20N6O2S/c1-13-7-3-4-8-14(13)18(27)21-11-16-23-25(19(28)24(16)2)12-17(26)22-15-9-5-6-10-20-15/h3-10H,11-12H2,1-2H3,(H,21,27)(H,20,22,26). The average molecular weight is 396 g/mol. The highest BCUT2D eigenvalue weighted by Crippen LogP contribution is 2.07. The minimum atomic E-state index is -0.289. The lowest BCUT2D eigenvalue weighted by atomic mass is 10.1. The Balaban J connectivity index is 1.66. The highest BCUT2D eigenvalue weighted by atomic mass is 32.1. The van der Waals surface area contributed by atoms with E-state index in [1.807, 2.05) is 25.1 Å². The number of amides is 2. The van der Waals surface area contributed by atoms with Crippen LogP contribution in [0.15, 0.2) is 48.7 Å². The van der Waals surface area contributed by atoms with E-state index >= 15 is 0 Å². The first-order chi connectivity index (χ1) is 13.5. The SMILES string of the molecule is Cc1ccccc1C(=O)NCc1nn(CC(=O)Nc2ccccn2)c(=S)n1C. The molecule has 2 aromatic heterocycles. The summed E-state index contributed by atoms with van der Waals surface area (Å²) in [7, 11) is 1.75. The first-order valence-electron chi connectivity index (χ1n) is 8.63. The summed E-state index contributed by atoms with van der Waals surface area (Å²) in [6.07, 6.45) is 1.59. The van der Waals surface area contributed by atoms with Crippen molar-refractivity contribution in [2.75, 3.05) is 5.32 Å². The summed E-state index contributed by atoms with van der Waals surface area (Å²) in [5.41, 5.74) is 1.50. The van der Waals surface area contributed by atoms with Gasteiger partial charge in [-0.2, -0.15) is 5.10 Å². The predicted octanol–water partition coefficient (Wildman–Crippen LogP) is 2.22. The van der Waals surface area contributed by atoms with Crippen LogP contribution < -0.4 is 10.6 Å². The second-order valence-corrected chi connectivity index (χ2v) is 6.54. The molecule has 0 saturated heterocycles. The van der Waals surface area contributed by atoms with Crippen LogP contribution in [-0.2, 0) is 24.9 Å². The van der Waals surface area contributed by atoms with Crippen LogP contribution in [0.25, 0.3) is 0 Å². The van der Waals surface area contributed by atoms with E-state index in [4.69, 9.17) is 12.2 Å². The third kappa shape index (κ3) is 4.49. The maximum absolute atomic E-state index is 12.4. The number of rotatable bonds is 6. The number of carbonyl (C=O) groups excluding carboxylic acids is 2. The molecule has 0 saturated carbocycles. The van der Waals surface area contributed by atoms with Crippen molar-refractivity contribution in [3.05, 3.63) is 70.4 Å². The van der Waals surface area contributed by atoms with Crippen LogP contribution in [0, 0.1) is 11.7 Å². The minimum absolute atomic E-state index is 0.0466. The van der Waals surface area contributed by atoms with Crippen LogP contribution in [-0.4, -0.2) is 31.1 Å². The molecule has 0 bridgehead atoms. The van der Waals surface area contributed by atoms with Gasteiger partial charge in [0, 0.05) is 18.8 Å². The molecular weight excluding hydrogens is 376 g/mol. The Labute approximate surface area is 167 Å². The van der Waals surface area contributed by atoms with Crippen molar-refractivity contribution in [3.63, 3.8) is 0 Å². The molecule has 3 rings (SSSR count). The molecule has 8 nitrogen and oxygen atoms in total. The Kier molecular flexibility index (Phi) is 5.95. The number of hydrogen-bond acceptors (Lipinski definition) is 5. The Bertz CT molecular complexity index is 1060. The minimum Gasteiger partial charge on any atom is -0.345 e. The molecule has 0 aliphatic carbocycles. The van der Waals surface area contributed by atoms with Crippen LogP contribution in [0.2, 0.25) is 0 Å². The fourth-order valence-corrected chi connectivity index (χ4v) is 2.84. The number of anilines is 1. The number of nitrogens with zero attached hydrogens (tertiary/aromatic N) is 4. The first-order valence-corrected chi connectivity index (χ1v) is 9.04. The van der Waals surface area contributed by atoms with Crippen LogP contribution >= 0.6 is 12.2 Å². The third-order valence-corrected chi connectivity index (χ3v) is 4.64. The summed E-state index contributed by atoms with van der Waals surface area (Å²) in [5, 5.41) is 9.88. The smallest absolute Gasteiger partial charge is 0.251 e. The highest BCUT2D eigenvalue weighted by Gasteiger charge is 2.13. The van der Waals surface area contributed by atoms with Crippen molar-refractivity contribution >= 4 is 29.9 Å². The monoisotopic (exact) mass is 396 g/mol. The number of aryl methyl sites for hydroxylation is 1. The number of aromatic nitrogens is 4. The number of nitrogens with one attached hydrogen (secondary N) is 2. The Hall–Kier alpha value is -3.33. The van der Waals surface area contributed by atoms with Crippen molar-refractivity contribution in [1.82, 2.24) is 24.6 Å². The fraction of sp³-hybridized carbons (Fsp3) is 0.211. The second kappa shape index (κ2) is 8.57. The fourth-order valence-electron chi connectivity index (χ4n) is 2.63. The van der Waals surface area contributed by atoms with Gasteiger partial charge in [-0.15, -0.1) is 0 Å². The van der Waals surface area contributed by atoms with Gasteiger partial charge in [-0.1, -0.05) is 24.3 Å². The second-order valence-electron chi connectivity index (χ2n) is 6.18. The van der Waals surface area contributed by atoms with Gasteiger partial charge in [-0.05, 0) is 42.9 Å². The van der Waals surface area contributed by atoms with Crippen LogP contribution in [0.3, 0.4) is 0 Å². The molecule has 0 spiro atoms. The lowest BCUT2D eigenvalue weighted by Crippen LogP contribution is -2.25. The zero-order valence-corrected chi connectivity index (χ0v) is 16.4. The molecule has 3 aromatic rings. The normalized spacial score (nSPS) is 10.5. The maximum Gasteiger partial charge on any atom is 0.251 e. The van der Waals surface area contributed by atoms with Gasteiger partial charge in [0.1, 0.15) is 12.4 Å². The zero-order valence-electron chi connectivity index (χ0n) is 15.5. The quantitative estimate of drug-likeness (QED) is 0.623. The Morgan fingerprint density at radius 1 is 1.14 bits per heavy atom. The van der Waals surface area contributed by atoms with Gasteiger partial charge >= 0.3 is 0 Å². The van der Waals surface area contributed by atoms with E-state index < -0.39 is 0 Å². The molecule has 1 aromatic carbocycles. The van der Waals surface area contributed by atoms with Gasteiger partial charge in [0.25, 0.3) is 5.91 Å². The summed E-state index contributed by atoms with van der Waals surface area (Å²) < 4.78 is 3.47. The van der Waals surface area contributed by atoms with E-state index in [0.717, 1.165) is 5.56 Å². The lowest BCUT2D eigenvalue weighted by molar-refractivity contribution is -0.117. The molecule has 0 atom stereocenters.